The van der Waals surface area contributed by atoms with Crippen molar-refractivity contribution in [2.75, 3.05) is 26.8 Å². The number of piperidine rings is 1. The van der Waals surface area contributed by atoms with Gasteiger partial charge >= 0.3 is 0 Å². The Balaban J connectivity index is 0.00000288. The van der Waals surface area contributed by atoms with E-state index in [1.54, 1.807) is 19.2 Å². The molecule has 0 aliphatic carbocycles. The zero-order valence-electron chi connectivity index (χ0n) is 14.4. The predicted molar refractivity (Wildman–Crippen MR) is 101 cm³/mol. The van der Waals surface area contributed by atoms with Gasteiger partial charge < -0.3 is 20.1 Å². The van der Waals surface area contributed by atoms with Gasteiger partial charge in [0.25, 0.3) is 5.91 Å². The van der Waals surface area contributed by atoms with Gasteiger partial charge in [-0.2, -0.15) is 0 Å². The van der Waals surface area contributed by atoms with E-state index in [2.05, 4.69) is 15.9 Å². The van der Waals surface area contributed by atoms with E-state index in [4.69, 9.17) is 15.2 Å². The largest absolute Gasteiger partial charge is 0.493 e. The van der Waals surface area contributed by atoms with E-state index >= 15 is 0 Å². The third-order valence-corrected chi connectivity index (χ3v) is 4.92. The SMILES string of the molecule is CCOc1c(Br)cc(C(=O)N2CCC(C(C)N)CC2)cc1OC.Cl. The first-order valence-electron chi connectivity index (χ1n) is 8.03. The fourth-order valence-corrected chi connectivity index (χ4v) is 3.50. The van der Waals surface area contributed by atoms with E-state index in [0.29, 0.717) is 29.6 Å². The van der Waals surface area contributed by atoms with E-state index in [1.165, 1.54) is 0 Å². The summed E-state index contributed by atoms with van der Waals surface area (Å²) in [6.07, 6.45) is 1.91. The number of nitrogens with zero attached hydrogens (tertiary/aromatic N) is 1. The van der Waals surface area contributed by atoms with Gasteiger partial charge in [-0.05, 0) is 60.7 Å². The number of hydrogen-bond acceptors (Lipinski definition) is 4. The van der Waals surface area contributed by atoms with Crippen molar-refractivity contribution in [3.63, 3.8) is 0 Å². The molecule has 0 radical (unpaired) electrons. The minimum atomic E-state index is 0. The standard InChI is InChI=1S/C17H25BrN2O3.ClH/c1-4-23-16-14(18)9-13(10-15(16)22-3)17(21)20-7-5-12(6-8-20)11(2)19;/h9-12H,4-8,19H2,1-3H3;1H. The molecule has 1 fully saturated rings. The zero-order chi connectivity index (χ0) is 17.0. The van der Waals surface area contributed by atoms with E-state index in [9.17, 15) is 4.79 Å². The monoisotopic (exact) mass is 420 g/mol. The fraction of sp³-hybridized carbons (Fsp3) is 0.588. The highest BCUT2D eigenvalue weighted by atomic mass is 79.9. The molecule has 1 heterocycles. The molecular weight excluding hydrogens is 396 g/mol. The summed E-state index contributed by atoms with van der Waals surface area (Å²) in [5.74, 6) is 1.72. The van der Waals surface area contributed by atoms with Crippen molar-refractivity contribution >= 4 is 34.2 Å². The second kappa shape index (κ2) is 9.49. The molecule has 1 aromatic rings. The number of hydrogen-bond donors (Lipinski definition) is 1. The lowest BCUT2D eigenvalue weighted by Gasteiger charge is -2.33. The Morgan fingerprint density at radius 3 is 2.54 bits per heavy atom. The van der Waals surface area contributed by atoms with Crippen LogP contribution < -0.4 is 15.2 Å². The van der Waals surface area contributed by atoms with Crippen LogP contribution in [-0.4, -0.2) is 43.7 Å². The van der Waals surface area contributed by atoms with Gasteiger partial charge in [0.15, 0.2) is 11.5 Å². The average molecular weight is 422 g/mol. The van der Waals surface area contributed by atoms with Crippen LogP contribution in [0.15, 0.2) is 16.6 Å². The van der Waals surface area contributed by atoms with Crippen molar-refractivity contribution in [2.24, 2.45) is 11.7 Å². The first kappa shape index (κ1) is 21.1. The highest BCUT2D eigenvalue weighted by Gasteiger charge is 2.26. The quantitative estimate of drug-likeness (QED) is 0.790. The van der Waals surface area contributed by atoms with Gasteiger partial charge in [0.05, 0.1) is 18.2 Å². The fourth-order valence-electron chi connectivity index (χ4n) is 2.94. The van der Waals surface area contributed by atoms with Crippen molar-refractivity contribution in [3.05, 3.63) is 22.2 Å². The number of methoxy groups -OCH3 is 1. The Morgan fingerprint density at radius 2 is 2.04 bits per heavy atom. The summed E-state index contributed by atoms with van der Waals surface area (Å²) in [5.41, 5.74) is 6.57. The Hall–Kier alpha value is -0.980. The second-order valence-corrected chi connectivity index (χ2v) is 6.77. The van der Waals surface area contributed by atoms with Crippen molar-refractivity contribution < 1.29 is 14.3 Å². The Bertz CT molecular complexity index is 561. The average Bonchev–Trinajstić information content (AvgIpc) is 2.56. The van der Waals surface area contributed by atoms with Crippen molar-refractivity contribution in [2.45, 2.75) is 32.7 Å². The molecule has 2 rings (SSSR count). The number of rotatable bonds is 5. The number of nitrogens with two attached hydrogens (primary N) is 1. The highest BCUT2D eigenvalue weighted by Crippen LogP contribution is 2.37. The molecule has 136 valence electrons. The van der Waals surface area contributed by atoms with Gasteiger partial charge in [-0.3, -0.25) is 4.79 Å². The Kier molecular flexibility index (Phi) is 8.33. The van der Waals surface area contributed by atoms with Gasteiger partial charge in [0.1, 0.15) is 0 Å². The molecule has 2 N–H and O–H groups in total. The molecule has 0 spiro atoms. The number of halogens is 2. The molecule has 1 saturated heterocycles. The first-order chi connectivity index (χ1) is 11.0. The summed E-state index contributed by atoms with van der Waals surface area (Å²) in [7, 11) is 1.58. The molecule has 0 aromatic heterocycles. The number of ether oxygens (including phenoxy) is 2. The van der Waals surface area contributed by atoms with Gasteiger partial charge in [0.2, 0.25) is 0 Å². The summed E-state index contributed by atoms with van der Waals surface area (Å²) in [6, 6.07) is 3.73. The molecule has 1 aliphatic rings. The van der Waals surface area contributed by atoms with Crippen LogP contribution in [0.4, 0.5) is 0 Å². The summed E-state index contributed by atoms with van der Waals surface area (Å²) < 4.78 is 11.7. The number of benzene rings is 1. The van der Waals surface area contributed by atoms with Crippen LogP contribution in [-0.2, 0) is 0 Å². The molecule has 1 amide bonds. The normalized spacial score (nSPS) is 16.3. The molecule has 0 bridgehead atoms. The number of carbonyl (C=O) groups is 1. The van der Waals surface area contributed by atoms with Crippen molar-refractivity contribution in [1.29, 1.82) is 0 Å². The number of amides is 1. The number of likely N-dealkylation sites (tertiary alicyclic amines) is 1. The maximum atomic E-state index is 12.7. The predicted octanol–water partition coefficient (Wildman–Crippen LogP) is 3.48. The van der Waals surface area contributed by atoms with Crippen LogP contribution in [0.3, 0.4) is 0 Å². The third-order valence-electron chi connectivity index (χ3n) is 4.34. The molecule has 1 aromatic carbocycles. The maximum absolute atomic E-state index is 12.7. The summed E-state index contributed by atoms with van der Waals surface area (Å²) >= 11 is 3.47. The Labute approximate surface area is 158 Å². The van der Waals surface area contributed by atoms with Crippen molar-refractivity contribution in [1.82, 2.24) is 4.90 Å². The topological polar surface area (TPSA) is 64.8 Å². The van der Waals surface area contributed by atoms with Crippen molar-refractivity contribution in [3.8, 4) is 11.5 Å². The van der Waals surface area contributed by atoms with E-state index in [0.717, 1.165) is 30.4 Å². The van der Waals surface area contributed by atoms with E-state index in [1.807, 2.05) is 18.7 Å². The maximum Gasteiger partial charge on any atom is 0.254 e. The smallest absolute Gasteiger partial charge is 0.254 e. The summed E-state index contributed by atoms with van der Waals surface area (Å²) in [5, 5.41) is 0. The Morgan fingerprint density at radius 1 is 1.42 bits per heavy atom. The second-order valence-electron chi connectivity index (χ2n) is 5.91. The summed E-state index contributed by atoms with van der Waals surface area (Å²) in [6.45, 7) is 5.98. The molecule has 0 saturated carbocycles. The van der Waals surface area contributed by atoms with E-state index < -0.39 is 0 Å². The van der Waals surface area contributed by atoms with Gasteiger partial charge in [-0.15, -0.1) is 12.4 Å². The molecule has 1 atom stereocenters. The minimum absolute atomic E-state index is 0. The van der Waals surface area contributed by atoms with Gasteiger partial charge in [0, 0.05) is 24.7 Å². The van der Waals surface area contributed by atoms with Crippen LogP contribution in [0.1, 0.15) is 37.0 Å². The van der Waals surface area contributed by atoms with Crippen LogP contribution in [0.25, 0.3) is 0 Å². The lowest BCUT2D eigenvalue weighted by Crippen LogP contribution is -2.42. The highest BCUT2D eigenvalue weighted by molar-refractivity contribution is 9.10. The third kappa shape index (κ3) is 4.77. The minimum Gasteiger partial charge on any atom is -0.493 e. The zero-order valence-corrected chi connectivity index (χ0v) is 16.8. The van der Waals surface area contributed by atoms with E-state index in [-0.39, 0.29) is 24.4 Å². The van der Waals surface area contributed by atoms with Gasteiger partial charge in [-0.1, -0.05) is 0 Å². The van der Waals surface area contributed by atoms with Crippen LogP contribution in [0.2, 0.25) is 0 Å². The van der Waals surface area contributed by atoms with Crippen LogP contribution in [0.5, 0.6) is 11.5 Å². The number of carbonyl (C=O) groups excluding carboxylic acids is 1. The molecule has 5 nitrogen and oxygen atoms in total. The molecule has 24 heavy (non-hydrogen) atoms. The summed E-state index contributed by atoms with van der Waals surface area (Å²) in [4.78, 5) is 14.6. The lowest BCUT2D eigenvalue weighted by atomic mass is 9.90. The molecule has 1 aliphatic heterocycles. The molecule has 7 heteroatoms. The molecule has 1 unspecified atom stereocenters. The lowest BCUT2D eigenvalue weighted by molar-refractivity contribution is 0.0680. The first-order valence-corrected chi connectivity index (χ1v) is 8.82. The molecular formula is C17H26BrClN2O3. The van der Waals surface area contributed by atoms with Gasteiger partial charge in [-0.25, -0.2) is 0 Å². The van der Waals surface area contributed by atoms with Crippen LogP contribution in [0, 0.1) is 5.92 Å². The van der Waals surface area contributed by atoms with Crippen LogP contribution >= 0.6 is 28.3 Å².